The van der Waals surface area contributed by atoms with Gasteiger partial charge in [0.1, 0.15) is 11.0 Å². The molecule has 1 aromatic carbocycles. The van der Waals surface area contributed by atoms with Gasteiger partial charge in [0.15, 0.2) is 0 Å². The first-order chi connectivity index (χ1) is 12.1. The molecule has 25 heavy (non-hydrogen) atoms. The number of likely N-dealkylation sites (N-methyl/N-ethyl adjacent to an activating group) is 1. The second kappa shape index (κ2) is 7.78. The monoisotopic (exact) mass is 357 g/mol. The zero-order valence-electron chi connectivity index (χ0n) is 14.6. The standard InChI is InChI=1S/C19H23N3O2S/c1-3-4-5-16-19(24)21(2)11-12-22(16)18(23)15-8-6-14(7-9-15)17-20-10-13-25-17/h6-10,13,16H,3-5,11-12H2,1-2H3/t16-/m0/s1. The number of unbranched alkanes of at least 4 members (excludes halogenated alkanes) is 1. The largest absolute Gasteiger partial charge is 0.342 e. The van der Waals surface area contributed by atoms with E-state index in [2.05, 4.69) is 11.9 Å². The smallest absolute Gasteiger partial charge is 0.254 e. The van der Waals surface area contributed by atoms with E-state index in [1.807, 2.05) is 36.7 Å². The van der Waals surface area contributed by atoms with Gasteiger partial charge in [-0.15, -0.1) is 11.3 Å². The van der Waals surface area contributed by atoms with Gasteiger partial charge in [0, 0.05) is 42.8 Å². The third-order valence-electron chi connectivity index (χ3n) is 4.62. The fourth-order valence-corrected chi connectivity index (χ4v) is 3.76. The highest BCUT2D eigenvalue weighted by molar-refractivity contribution is 7.13. The molecule has 0 bridgehead atoms. The average molecular weight is 357 g/mol. The van der Waals surface area contributed by atoms with Crippen molar-refractivity contribution in [3.63, 3.8) is 0 Å². The van der Waals surface area contributed by atoms with E-state index in [1.165, 1.54) is 0 Å². The molecule has 1 aliphatic rings. The molecule has 132 valence electrons. The minimum atomic E-state index is -0.343. The molecule has 1 aromatic heterocycles. The van der Waals surface area contributed by atoms with Crippen LogP contribution in [0.2, 0.25) is 0 Å². The fourth-order valence-electron chi connectivity index (χ4n) is 3.12. The second-order valence-electron chi connectivity index (χ2n) is 6.33. The predicted molar refractivity (Wildman–Crippen MR) is 99.5 cm³/mol. The van der Waals surface area contributed by atoms with E-state index in [-0.39, 0.29) is 17.9 Å². The van der Waals surface area contributed by atoms with E-state index in [0.717, 1.165) is 29.8 Å². The number of amides is 2. The molecule has 0 saturated carbocycles. The molecule has 0 N–H and O–H groups in total. The van der Waals surface area contributed by atoms with Gasteiger partial charge in [0.05, 0.1) is 0 Å². The summed E-state index contributed by atoms with van der Waals surface area (Å²) < 4.78 is 0. The van der Waals surface area contributed by atoms with Crippen molar-refractivity contribution >= 4 is 23.2 Å². The Hall–Kier alpha value is -2.21. The Morgan fingerprint density at radius 3 is 2.68 bits per heavy atom. The first kappa shape index (κ1) is 17.6. The molecular formula is C19H23N3O2S. The van der Waals surface area contributed by atoms with Crippen LogP contribution in [0.25, 0.3) is 10.6 Å². The number of nitrogens with zero attached hydrogens (tertiary/aromatic N) is 3. The van der Waals surface area contributed by atoms with Gasteiger partial charge >= 0.3 is 0 Å². The third kappa shape index (κ3) is 3.74. The summed E-state index contributed by atoms with van der Waals surface area (Å²) >= 11 is 1.57. The highest BCUT2D eigenvalue weighted by Crippen LogP contribution is 2.24. The number of rotatable bonds is 5. The number of hydrogen-bond donors (Lipinski definition) is 0. The van der Waals surface area contributed by atoms with Crippen LogP contribution in [0, 0.1) is 0 Å². The molecule has 0 unspecified atom stereocenters. The van der Waals surface area contributed by atoms with Crippen LogP contribution in [0.3, 0.4) is 0 Å². The maximum absolute atomic E-state index is 13.0. The summed E-state index contributed by atoms with van der Waals surface area (Å²) in [5.74, 6) is -0.0132. The van der Waals surface area contributed by atoms with Crippen LogP contribution >= 0.6 is 11.3 Å². The molecule has 2 heterocycles. The molecule has 0 radical (unpaired) electrons. The molecule has 3 rings (SSSR count). The number of benzene rings is 1. The highest BCUT2D eigenvalue weighted by Gasteiger charge is 2.35. The predicted octanol–water partition coefficient (Wildman–Crippen LogP) is 3.28. The molecule has 2 amide bonds. The lowest BCUT2D eigenvalue weighted by atomic mass is 10.0. The Morgan fingerprint density at radius 2 is 2.04 bits per heavy atom. The zero-order valence-corrected chi connectivity index (χ0v) is 15.5. The van der Waals surface area contributed by atoms with Gasteiger partial charge in [-0.2, -0.15) is 0 Å². The first-order valence-electron chi connectivity index (χ1n) is 8.67. The first-order valence-corrected chi connectivity index (χ1v) is 9.55. The van der Waals surface area contributed by atoms with Crippen molar-refractivity contribution in [3.8, 4) is 10.6 Å². The quantitative estimate of drug-likeness (QED) is 0.825. The Morgan fingerprint density at radius 1 is 1.28 bits per heavy atom. The van der Waals surface area contributed by atoms with Crippen molar-refractivity contribution in [2.24, 2.45) is 0 Å². The molecule has 1 fully saturated rings. The third-order valence-corrected chi connectivity index (χ3v) is 5.44. The van der Waals surface area contributed by atoms with E-state index in [4.69, 9.17) is 0 Å². The summed E-state index contributed by atoms with van der Waals surface area (Å²) in [7, 11) is 1.81. The lowest BCUT2D eigenvalue weighted by molar-refractivity contribution is -0.138. The van der Waals surface area contributed by atoms with Crippen molar-refractivity contribution < 1.29 is 9.59 Å². The molecule has 0 aliphatic carbocycles. The number of aromatic nitrogens is 1. The molecule has 2 aromatic rings. The number of hydrogen-bond acceptors (Lipinski definition) is 4. The minimum absolute atomic E-state index is 0.0486. The van der Waals surface area contributed by atoms with Crippen LogP contribution in [0.1, 0.15) is 36.5 Å². The van der Waals surface area contributed by atoms with E-state index in [1.54, 1.807) is 27.3 Å². The second-order valence-corrected chi connectivity index (χ2v) is 7.23. The van der Waals surface area contributed by atoms with Gasteiger partial charge in [-0.1, -0.05) is 31.9 Å². The van der Waals surface area contributed by atoms with Crippen LogP contribution in [0.15, 0.2) is 35.8 Å². The Bertz CT molecular complexity index is 728. The summed E-state index contributed by atoms with van der Waals surface area (Å²) in [6.45, 7) is 3.27. The van der Waals surface area contributed by atoms with E-state index in [0.29, 0.717) is 18.7 Å². The Balaban J connectivity index is 1.79. The van der Waals surface area contributed by atoms with Crippen molar-refractivity contribution in [3.05, 3.63) is 41.4 Å². The number of thiazole rings is 1. The van der Waals surface area contributed by atoms with Crippen molar-refractivity contribution in [1.29, 1.82) is 0 Å². The van der Waals surface area contributed by atoms with E-state index >= 15 is 0 Å². The number of carbonyl (C=O) groups excluding carboxylic acids is 2. The molecule has 0 spiro atoms. The topological polar surface area (TPSA) is 53.5 Å². The Labute approximate surface area is 152 Å². The van der Waals surface area contributed by atoms with Crippen LogP contribution in [-0.4, -0.2) is 52.8 Å². The minimum Gasteiger partial charge on any atom is -0.342 e. The van der Waals surface area contributed by atoms with E-state index in [9.17, 15) is 9.59 Å². The molecule has 1 saturated heterocycles. The lowest BCUT2D eigenvalue weighted by Gasteiger charge is -2.39. The zero-order chi connectivity index (χ0) is 17.8. The normalized spacial score (nSPS) is 17.8. The summed E-state index contributed by atoms with van der Waals surface area (Å²) in [6.07, 6.45) is 4.45. The fraction of sp³-hybridized carbons (Fsp3) is 0.421. The highest BCUT2D eigenvalue weighted by atomic mass is 32.1. The van der Waals surface area contributed by atoms with Gasteiger partial charge in [-0.3, -0.25) is 9.59 Å². The van der Waals surface area contributed by atoms with Crippen molar-refractivity contribution in [2.75, 3.05) is 20.1 Å². The lowest BCUT2D eigenvalue weighted by Crippen LogP contribution is -2.57. The average Bonchev–Trinajstić information content (AvgIpc) is 3.17. The van der Waals surface area contributed by atoms with Crippen LogP contribution in [0.5, 0.6) is 0 Å². The molecule has 1 aliphatic heterocycles. The number of piperazine rings is 1. The summed E-state index contributed by atoms with van der Waals surface area (Å²) in [5.41, 5.74) is 1.63. The molecular weight excluding hydrogens is 334 g/mol. The summed E-state index contributed by atoms with van der Waals surface area (Å²) in [5, 5.41) is 2.87. The van der Waals surface area contributed by atoms with Crippen molar-refractivity contribution in [2.45, 2.75) is 32.2 Å². The van der Waals surface area contributed by atoms with Gasteiger partial charge in [-0.25, -0.2) is 4.98 Å². The van der Waals surface area contributed by atoms with Gasteiger partial charge in [0.25, 0.3) is 5.91 Å². The summed E-state index contributed by atoms with van der Waals surface area (Å²) in [4.78, 5) is 33.2. The van der Waals surface area contributed by atoms with Gasteiger partial charge in [0.2, 0.25) is 5.91 Å². The molecule has 6 heteroatoms. The maximum Gasteiger partial charge on any atom is 0.254 e. The molecule has 1 atom stereocenters. The summed E-state index contributed by atoms with van der Waals surface area (Å²) in [6, 6.07) is 7.16. The maximum atomic E-state index is 13.0. The van der Waals surface area contributed by atoms with Crippen LogP contribution in [0.4, 0.5) is 0 Å². The van der Waals surface area contributed by atoms with Gasteiger partial charge < -0.3 is 9.80 Å². The Kier molecular flexibility index (Phi) is 5.48. The van der Waals surface area contributed by atoms with Crippen LogP contribution < -0.4 is 0 Å². The van der Waals surface area contributed by atoms with E-state index < -0.39 is 0 Å². The van der Waals surface area contributed by atoms with Crippen LogP contribution in [-0.2, 0) is 4.79 Å². The van der Waals surface area contributed by atoms with Gasteiger partial charge in [-0.05, 0) is 18.6 Å². The molecule has 5 nitrogen and oxygen atoms in total. The van der Waals surface area contributed by atoms with Crippen molar-refractivity contribution in [1.82, 2.24) is 14.8 Å². The SMILES string of the molecule is CCCC[C@H]1C(=O)N(C)CCN1C(=O)c1ccc(-c2nccs2)cc1. The number of carbonyl (C=O) groups is 2.